The van der Waals surface area contributed by atoms with Crippen molar-refractivity contribution >= 4 is 0 Å². The van der Waals surface area contributed by atoms with Crippen molar-refractivity contribution in [3.8, 4) is 0 Å². The number of furan rings is 1. The first-order valence-corrected chi connectivity index (χ1v) is 4.83. The van der Waals surface area contributed by atoms with Crippen molar-refractivity contribution < 1.29 is 18.3 Å². The molecule has 2 nitrogen and oxygen atoms in total. The van der Waals surface area contributed by atoms with E-state index in [2.05, 4.69) is 0 Å². The Labute approximate surface area is 91.1 Å². The summed E-state index contributed by atoms with van der Waals surface area (Å²) in [5.74, 6) is -1.03. The maximum atomic E-state index is 13.3. The molecule has 1 aromatic carbocycles. The van der Waals surface area contributed by atoms with Gasteiger partial charge in [0, 0.05) is 12.0 Å². The number of benzene rings is 1. The fraction of sp³-hybridized carbons (Fsp3) is 0.167. The first kappa shape index (κ1) is 10.8. The second kappa shape index (κ2) is 4.45. The molecule has 2 rings (SSSR count). The van der Waals surface area contributed by atoms with Crippen molar-refractivity contribution in [2.45, 2.75) is 12.5 Å². The molecular weight excluding hydrogens is 214 g/mol. The molecule has 0 fully saturated rings. The molecule has 2 aromatic rings. The molecule has 0 amide bonds. The zero-order chi connectivity index (χ0) is 11.5. The molecule has 0 saturated carbocycles. The summed E-state index contributed by atoms with van der Waals surface area (Å²) in [6.07, 6.45) is 0.212. The number of hydrogen-bond acceptors (Lipinski definition) is 2. The van der Waals surface area contributed by atoms with E-state index < -0.39 is 17.7 Å². The smallest absolute Gasteiger partial charge is 0.132 e. The van der Waals surface area contributed by atoms with E-state index in [1.54, 1.807) is 12.1 Å². The van der Waals surface area contributed by atoms with Crippen LogP contribution in [0, 0.1) is 11.6 Å². The van der Waals surface area contributed by atoms with Crippen LogP contribution in [0.4, 0.5) is 8.78 Å². The first-order valence-electron chi connectivity index (χ1n) is 4.83. The summed E-state index contributed by atoms with van der Waals surface area (Å²) >= 11 is 0. The largest absolute Gasteiger partial charge is 0.467 e. The molecule has 0 spiro atoms. The molecule has 4 heteroatoms. The predicted octanol–water partition coefficient (Wildman–Crippen LogP) is 2.83. The minimum absolute atomic E-state index is 0.133. The minimum Gasteiger partial charge on any atom is -0.467 e. The highest BCUT2D eigenvalue weighted by Crippen LogP contribution is 2.22. The van der Waals surface area contributed by atoms with Crippen LogP contribution < -0.4 is 0 Å². The number of halogens is 2. The number of rotatable bonds is 3. The normalized spacial score (nSPS) is 12.7. The van der Waals surface area contributed by atoms with Crippen LogP contribution >= 0.6 is 0 Å². The topological polar surface area (TPSA) is 33.4 Å². The Hall–Kier alpha value is -1.68. The van der Waals surface area contributed by atoms with E-state index in [-0.39, 0.29) is 12.0 Å². The van der Waals surface area contributed by atoms with Gasteiger partial charge in [0.1, 0.15) is 23.5 Å². The highest BCUT2D eigenvalue weighted by Gasteiger charge is 2.16. The maximum absolute atomic E-state index is 13.3. The van der Waals surface area contributed by atoms with Gasteiger partial charge < -0.3 is 9.52 Å². The Bertz CT molecular complexity index is 446. The average molecular weight is 224 g/mol. The molecule has 0 saturated heterocycles. The van der Waals surface area contributed by atoms with Gasteiger partial charge in [0.15, 0.2) is 0 Å². The minimum atomic E-state index is -1.04. The molecule has 0 aliphatic carbocycles. The van der Waals surface area contributed by atoms with Gasteiger partial charge in [-0.2, -0.15) is 0 Å². The van der Waals surface area contributed by atoms with Crippen LogP contribution in [0.2, 0.25) is 0 Å². The Morgan fingerprint density at radius 2 is 1.81 bits per heavy atom. The van der Waals surface area contributed by atoms with Gasteiger partial charge in [-0.1, -0.05) is 6.07 Å². The van der Waals surface area contributed by atoms with E-state index in [4.69, 9.17) is 4.42 Å². The third-order valence-corrected chi connectivity index (χ3v) is 2.33. The molecule has 1 N–H and O–H groups in total. The van der Waals surface area contributed by atoms with Crippen LogP contribution in [0.5, 0.6) is 0 Å². The fourth-order valence-corrected chi connectivity index (χ4v) is 1.50. The van der Waals surface area contributed by atoms with Crippen molar-refractivity contribution in [1.29, 1.82) is 0 Å². The van der Waals surface area contributed by atoms with Gasteiger partial charge in [-0.25, -0.2) is 8.78 Å². The maximum Gasteiger partial charge on any atom is 0.132 e. The van der Waals surface area contributed by atoms with Crippen molar-refractivity contribution in [3.05, 3.63) is 59.6 Å². The summed E-state index contributed by atoms with van der Waals surface area (Å²) in [6, 6.07) is 6.77. The molecule has 0 radical (unpaired) electrons. The highest BCUT2D eigenvalue weighted by molar-refractivity contribution is 5.21. The Morgan fingerprint density at radius 3 is 2.38 bits per heavy atom. The first-order chi connectivity index (χ1) is 7.68. The highest BCUT2D eigenvalue weighted by atomic mass is 19.1. The summed E-state index contributed by atoms with van der Waals surface area (Å²) in [5.41, 5.74) is -0.133. The average Bonchev–Trinajstić information content (AvgIpc) is 2.76. The Kier molecular flexibility index (Phi) is 3.01. The van der Waals surface area contributed by atoms with Gasteiger partial charge >= 0.3 is 0 Å². The molecule has 84 valence electrons. The number of aliphatic hydroxyl groups excluding tert-OH is 1. The van der Waals surface area contributed by atoms with Gasteiger partial charge in [-0.05, 0) is 24.3 Å². The van der Waals surface area contributed by atoms with Gasteiger partial charge in [-0.3, -0.25) is 0 Å². The van der Waals surface area contributed by atoms with Crippen LogP contribution in [0.25, 0.3) is 0 Å². The van der Waals surface area contributed by atoms with Crippen LogP contribution in [0.1, 0.15) is 17.4 Å². The quantitative estimate of drug-likeness (QED) is 0.869. The summed E-state index contributed by atoms with van der Waals surface area (Å²) in [4.78, 5) is 0. The van der Waals surface area contributed by atoms with Gasteiger partial charge in [-0.15, -0.1) is 0 Å². The van der Waals surface area contributed by atoms with Crippen LogP contribution in [-0.2, 0) is 6.42 Å². The lowest BCUT2D eigenvalue weighted by molar-refractivity contribution is 0.148. The van der Waals surface area contributed by atoms with Crippen molar-refractivity contribution in [3.63, 3.8) is 0 Å². The standard InChI is InChI=1S/C12H10F2O2/c13-9-3-1-4-10(14)8(9)7-11(15)12-5-2-6-16-12/h1-6,11,15H,7H2. The van der Waals surface area contributed by atoms with Crippen molar-refractivity contribution in [2.24, 2.45) is 0 Å². The van der Waals surface area contributed by atoms with E-state index in [0.29, 0.717) is 5.76 Å². The summed E-state index contributed by atoms with van der Waals surface area (Å²) in [5, 5.41) is 9.68. The van der Waals surface area contributed by atoms with E-state index in [1.807, 2.05) is 0 Å². The lowest BCUT2D eigenvalue weighted by Crippen LogP contribution is -2.04. The molecule has 16 heavy (non-hydrogen) atoms. The third-order valence-electron chi connectivity index (χ3n) is 2.33. The van der Waals surface area contributed by atoms with Crippen LogP contribution in [0.3, 0.4) is 0 Å². The van der Waals surface area contributed by atoms with Gasteiger partial charge in [0.05, 0.1) is 6.26 Å². The summed E-state index contributed by atoms with van der Waals surface area (Å²) < 4.78 is 31.5. The monoisotopic (exact) mass is 224 g/mol. The molecule has 0 bridgehead atoms. The van der Waals surface area contributed by atoms with E-state index >= 15 is 0 Å². The number of aliphatic hydroxyl groups is 1. The van der Waals surface area contributed by atoms with Gasteiger partial charge in [0.2, 0.25) is 0 Å². The number of hydrogen-bond donors (Lipinski definition) is 1. The second-order valence-electron chi connectivity index (χ2n) is 3.44. The summed E-state index contributed by atoms with van der Waals surface area (Å²) in [6.45, 7) is 0. The van der Waals surface area contributed by atoms with Crippen LogP contribution in [-0.4, -0.2) is 5.11 Å². The Morgan fingerprint density at radius 1 is 1.12 bits per heavy atom. The van der Waals surface area contributed by atoms with Crippen molar-refractivity contribution in [1.82, 2.24) is 0 Å². The zero-order valence-electron chi connectivity index (χ0n) is 8.36. The fourth-order valence-electron chi connectivity index (χ4n) is 1.50. The summed E-state index contributed by atoms with van der Waals surface area (Å²) in [7, 11) is 0. The second-order valence-corrected chi connectivity index (χ2v) is 3.44. The predicted molar refractivity (Wildman–Crippen MR) is 53.7 cm³/mol. The lowest BCUT2D eigenvalue weighted by atomic mass is 10.1. The van der Waals surface area contributed by atoms with E-state index in [9.17, 15) is 13.9 Å². The lowest BCUT2D eigenvalue weighted by Gasteiger charge is -2.09. The van der Waals surface area contributed by atoms with E-state index in [1.165, 1.54) is 12.3 Å². The third kappa shape index (κ3) is 2.12. The molecule has 1 atom stereocenters. The SMILES string of the molecule is OC(Cc1c(F)cccc1F)c1ccco1. The van der Waals surface area contributed by atoms with E-state index in [0.717, 1.165) is 12.1 Å². The molecule has 1 heterocycles. The zero-order valence-corrected chi connectivity index (χ0v) is 8.36. The molecular formula is C12H10F2O2. The molecule has 0 aliphatic rings. The Balaban J connectivity index is 2.21. The van der Waals surface area contributed by atoms with Crippen LogP contribution in [0.15, 0.2) is 41.0 Å². The molecule has 0 aliphatic heterocycles. The van der Waals surface area contributed by atoms with Gasteiger partial charge in [0.25, 0.3) is 0 Å². The van der Waals surface area contributed by atoms with Crippen molar-refractivity contribution in [2.75, 3.05) is 0 Å². The molecule has 1 unspecified atom stereocenters. The molecule has 1 aromatic heterocycles.